The molecule has 5 heteroatoms. The number of para-hydroxylation sites is 1. The van der Waals surface area contributed by atoms with Gasteiger partial charge >= 0.3 is 0 Å². The summed E-state index contributed by atoms with van der Waals surface area (Å²) in [6.45, 7) is 1.20. The minimum absolute atomic E-state index is 0.311. The number of ether oxygens (including phenoxy) is 2. The van der Waals surface area contributed by atoms with Crippen molar-refractivity contribution in [3.8, 4) is 5.69 Å². The molecule has 0 aliphatic carbocycles. The molecule has 98 valence electrons. The van der Waals surface area contributed by atoms with Crippen LogP contribution in [-0.4, -0.2) is 29.3 Å². The Morgan fingerprint density at radius 2 is 2.00 bits per heavy atom. The van der Waals surface area contributed by atoms with Gasteiger partial charge in [0.05, 0.1) is 25.1 Å². The third-order valence-corrected chi connectivity index (χ3v) is 2.82. The predicted molar refractivity (Wildman–Crippen MR) is 68.2 cm³/mol. The number of hydrogen-bond donors (Lipinski definition) is 0. The molecule has 4 nitrogen and oxygen atoms in total. The summed E-state index contributed by atoms with van der Waals surface area (Å²) in [4.78, 5) is 0. The molecule has 0 radical (unpaired) electrons. The Bertz CT molecular complexity index is 589. The van der Waals surface area contributed by atoms with Crippen LogP contribution in [0.2, 0.25) is 0 Å². The van der Waals surface area contributed by atoms with Crippen LogP contribution in [0.3, 0.4) is 0 Å². The lowest BCUT2D eigenvalue weighted by atomic mass is 10.3. The number of benzene rings is 1. The molecular weight excluding hydrogens is 247 g/mol. The fraction of sp³-hybridized carbons (Fsp3) is 0.214. The molecule has 19 heavy (non-hydrogen) atoms. The zero-order chi connectivity index (χ0) is 13.1. The lowest BCUT2D eigenvalue weighted by molar-refractivity contribution is -0.000921. The highest BCUT2D eigenvalue weighted by Crippen LogP contribution is 2.16. The Balaban J connectivity index is 1.88. The van der Waals surface area contributed by atoms with Crippen LogP contribution in [0, 0.1) is 5.82 Å². The van der Waals surface area contributed by atoms with E-state index in [1.807, 2.05) is 6.08 Å². The highest BCUT2D eigenvalue weighted by atomic mass is 19.1. The fourth-order valence-electron chi connectivity index (χ4n) is 1.93. The van der Waals surface area contributed by atoms with Crippen molar-refractivity contribution in [1.29, 1.82) is 0 Å². The molecule has 0 spiro atoms. The molecule has 0 unspecified atom stereocenters. The summed E-state index contributed by atoms with van der Waals surface area (Å²) in [6, 6.07) is 8.32. The van der Waals surface area contributed by atoms with E-state index >= 15 is 0 Å². The van der Waals surface area contributed by atoms with Crippen LogP contribution in [0.5, 0.6) is 0 Å². The molecule has 0 atom stereocenters. The molecule has 3 rings (SSSR count). The van der Waals surface area contributed by atoms with E-state index in [0.717, 1.165) is 5.69 Å². The molecular formula is C14H13FN2O2. The third-order valence-electron chi connectivity index (χ3n) is 2.82. The van der Waals surface area contributed by atoms with Gasteiger partial charge in [0.15, 0.2) is 6.29 Å². The normalized spacial score (nSPS) is 16.5. The second kappa shape index (κ2) is 5.34. The van der Waals surface area contributed by atoms with Crippen LogP contribution in [-0.2, 0) is 9.47 Å². The minimum atomic E-state index is -0.330. The fourth-order valence-corrected chi connectivity index (χ4v) is 1.93. The Kier molecular flexibility index (Phi) is 3.39. The Labute approximate surface area is 110 Å². The van der Waals surface area contributed by atoms with Gasteiger partial charge < -0.3 is 9.47 Å². The number of halogens is 1. The molecule has 2 aromatic rings. The quantitative estimate of drug-likeness (QED) is 0.850. The first-order chi connectivity index (χ1) is 9.34. The second-order valence-corrected chi connectivity index (χ2v) is 4.09. The van der Waals surface area contributed by atoms with Gasteiger partial charge in [-0.3, -0.25) is 0 Å². The summed E-state index contributed by atoms with van der Waals surface area (Å²) < 4.78 is 25.9. The average Bonchev–Trinajstić information content (AvgIpc) is 3.08. The highest BCUT2D eigenvalue weighted by molar-refractivity contribution is 5.49. The third kappa shape index (κ3) is 2.57. The van der Waals surface area contributed by atoms with Crippen molar-refractivity contribution in [3.63, 3.8) is 0 Å². The van der Waals surface area contributed by atoms with E-state index in [9.17, 15) is 4.39 Å². The van der Waals surface area contributed by atoms with Crippen molar-refractivity contribution < 1.29 is 13.9 Å². The Morgan fingerprint density at radius 1 is 1.21 bits per heavy atom. The molecule has 0 saturated carbocycles. The highest BCUT2D eigenvalue weighted by Gasteiger charge is 2.12. The van der Waals surface area contributed by atoms with Crippen LogP contribution < -0.4 is 0 Å². The number of aromatic nitrogens is 2. The van der Waals surface area contributed by atoms with Crippen LogP contribution in [0.1, 0.15) is 5.69 Å². The zero-order valence-corrected chi connectivity index (χ0v) is 10.2. The average molecular weight is 260 g/mol. The minimum Gasteiger partial charge on any atom is -0.347 e. The summed E-state index contributed by atoms with van der Waals surface area (Å²) >= 11 is 0. The van der Waals surface area contributed by atoms with Gasteiger partial charge in [-0.15, -0.1) is 0 Å². The predicted octanol–water partition coefficient (Wildman–Crippen LogP) is 2.40. The summed E-state index contributed by atoms with van der Waals surface area (Å²) in [5.41, 5.74) is 1.18. The van der Waals surface area contributed by atoms with Gasteiger partial charge in [-0.2, -0.15) is 5.10 Å². The van der Waals surface area contributed by atoms with Crippen molar-refractivity contribution in [2.75, 3.05) is 13.2 Å². The van der Waals surface area contributed by atoms with Crippen LogP contribution in [0.25, 0.3) is 11.8 Å². The lowest BCUT2D eigenvalue weighted by Crippen LogP contribution is -2.04. The molecule has 1 aromatic carbocycles. The van der Waals surface area contributed by atoms with Crippen LogP contribution in [0.4, 0.5) is 4.39 Å². The topological polar surface area (TPSA) is 36.3 Å². The summed E-state index contributed by atoms with van der Waals surface area (Å²) in [7, 11) is 0. The molecule has 0 bridgehead atoms. The van der Waals surface area contributed by atoms with Crippen LogP contribution in [0.15, 0.2) is 42.6 Å². The van der Waals surface area contributed by atoms with Gasteiger partial charge in [0.25, 0.3) is 0 Å². The van der Waals surface area contributed by atoms with E-state index in [2.05, 4.69) is 5.10 Å². The second-order valence-electron chi connectivity index (χ2n) is 4.09. The van der Waals surface area contributed by atoms with Crippen molar-refractivity contribution in [2.45, 2.75) is 6.29 Å². The van der Waals surface area contributed by atoms with Gasteiger partial charge in [-0.25, -0.2) is 9.07 Å². The summed E-state index contributed by atoms with van der Waals surface area (Å²) in [5.74, 6) is -0.311. The number of rotatable bonds is 3. The number of nitrogens with zero attached hydrogens (tertiary/aromatic N) is 2. The van der Waals surface area contributed by atoms with Gasteiger partial charge in [-0.1, -0.05) is 12.1 Å². The Hall–Kier alpha value is -1.98. The van der Waals surface area contributed by atoms with Crippen molar-refractivity contribution in [3.05, 3.63) is 54.1 Å². The first kappa shape index (κ1) is 12.1. The molecule has 2 heterocycles. The van der Waals surface area contributed by atoms with Crippen LogP contribution >= 0.6 is 0 Å². The maximum absolute atomic E-state index is 13.7. The molecule has 1 fully saturated rings. The van der Waals surface area contributed by atoms with E-state index in [4.69, 9.17) is 9.47 Å². The van der Waals surface area contributed by atoms with Crippen molar-refractivity contribution in [1.82, 2.24) is 9.78 Å². The molecule has 1 aromatic heterocycles. The molecule has 0 N–H and O–H groups in total. The monoisotopic (exact) mass is 260 g/mol. The largest absolute Gasteiger partial charge is 0.347 e. The van der Waals surface area contributed by atoms with E-state index in [-0.39, 0.29) is 12.1 Å². The first-order valence-electron chi connectivity index (χ1n) is 6.05. The van der Waals surface area contributed by atoms with Gasteiger partial charge in [0.1, 0.15) is 11.5 Å². The van der Waals surface area contributed by atoms with Crippen molar-refractivity contribution in [2.24, 2.45) is 0 Å². The Morgan fingerprint density at radius 3 is 2.79 bits per heavy atom. The van der Waals surface area contributed by atoms with E-state index in [0.29, 0.717) is 18.9 Å². The standard InChI is InChI=1S/C14H13FN2O2/c15-12-3-1-2-4-13(12)17-11(7-8-16-17)5-6-14-18-9-10-19-14/h1-8,14H,9-10H2/b6-5+. The summed E-state index contributed by atoms with van der Waals surface area (Å²) in [5, 5.41) is 4.14. The molecule has 1 saturated heterocycles. The maximum atomic E-state index is 13.7. The SMILES string of the molecule is Fc1ccccc1-n1nccc1/C=C/C1OCCO1. The molecule has 1 aliphatic rings. The lowest BCUT2D eigenvalue weighted by Gasteiger charge is -2.06. The smallest absolute Gasteiger partial charge is 0.177 e. The van der Waals surface area contributed by atoms with Gasteiger partial charge in [-0.05, 0) is 30.4 Å². The zero-order valence-electron chi connectivity index (χ0n) is 10.2. The molecule has 0 amide bonds. The molecule has 1 aliphatic heterocycles. The van der Waals surface area contributed by atoms with Crippen molar-refractivity contribution >= 4 is 6.08 Å². The van der Waals surface area contributed by atoms with E-state index < -0.39 is 0 Å². The summed E-state index contributed by atoms with van der Waals surface area (Å²) in [6.07, 6.45) is 4.91. The number of hydrogen-bond acceptors (Lipinski definition) is 3. The first-order valence-corrected chi connectivity index (χ1v) is 6.05. The maximum Gasteiger partial charge on any atom is 0.177 e. The van der Waals surface area contributed by atoms with E-state index in [1.165, 1.54) is 6.07 Å². The van der Waals surface area contributed by atoms with Gasteiger partial charge in [0.2, 0.25) is 0 Å². The van der Waals surface area contributed by atoms with E-state index in [1.54, 1.807) is 41.2 Å². The van der Waals surface area contributed by atoms with Gasteiger partial charge in [0, 0.05) is 0 Å².